The molecule has 0 bridgehead atoms. The highest BCUT2D eigenvalue weighted by atomic mass is 127. The van der Waals surface area contributed by atoms with Gasteiger partial charge in [-0.2, -0.15) is 0 Å². The highest BCUT2D eigenvalue weighted by molar-refractivity contribution is 14.1. The molecule has 13 heteroatoms. The van der Waals surface area contributed by atoms with Crippen LogP contribution < -0.4 is 0 Å². The van der Waals surface area contributed by atoms with Gasteiger partial charge in [0, 0.05) is 37.3 Å². The van der Waals surface area contributed by atoms with E-state index in [1.54, 1.807) is 22.7 Å². The average molecular weight is 1310 g/mol. The number of halogens is 4. The van der Waals surface area contributed by atoms with Crippen LogP contribution in [0.5, 0.6) is 0 Å². The summed E-state index contributed by atoms with van der Waals surface area (Å²) >= 11 is 22.3. The van der Waals surface area contributed by atoms with Gasteiger partial charge in [-0.25, -0.2) is 0 Å². The molecule has 3 aliphatic carbocycles. The highest BCUT2D eigenvalue weighted by Gasteiger charge is 2.52. The van der Waals surface area contributed by atoms with Crippen molar-refractivity contribution in [3.8, 4) is 12.3 Å². The second kappa shape index (κ2) is 25.7. The fourth-order valence-electron chi connectivity index (χ4n) is 9.17. The zero-order chi connectivity index (χ0) is 51.7. The van der Waals surface area contributed by atoms with Crippen LogP contribution >= 0.6 is 102 Å². The molecule has 3 nitrogen and oxygen atoms in total. The molecule has 0 amide bonds. The van der Waals surface area contributed by atoms with Crippen LogP contribution in [0.15, 0.2) is 62.1 Å². The maximum atomic E-state index is 6.95. The number of hydrogen-bond donors (Lipinski definition) is 0. The van der Waals surface area contributed by atoms with Crippen LogP contribution in [0, 0.1) is 23.2 Å². The van der Waals surface area contributed by atoms with Crippen molar-refractivity contribution in [2.24, 2.45) is 10.8 Å². The Morgan fingerprint density at radius 1 is 0.623 bits per heavy atom. The lowest BCUT2D eigenvalue weighted by Gasteiger charge is -2.51. The van der Waals surface area contributed by atoms with Crippen molar-refractivity contribution in [1.29, 1.82) is 0 Å². The molecule has 0 spiro atoms. The summed E-state index contributed by atoms with van der Waals surface area (Å²) < 4.78 is 26.7. The van der Waals surface area contributed by atoms with E-state index in [2.05, 4.69) is 203 Å². The van der Waals surface area contributed by atoms with E-state index >= 15 is 0 Å². The van der Waals surface area contributed by atoms with Crippen LogP contribution in [0.4, 0.5) is 0 Å². The van der Waals surface area contributed by atoms with Gasteiger partial charge in [-0.15, -0.1) is 46.4 Å². The molecular formula is C56H88Cl2I2O3S3Si3. The Balaban J connectivity index is 0.000000226. The van der Waals surface area contributed by atoms with Crippen molar-refractivity contribution >= 4 is 127 Å². The number of hydrogen-bond acceptors (Lipinski definition) is 6. The van der Waals surface area contributed by atoms with Gasteiger partial charge in [0.15, 0.2) is 25.0 Å². The summed E-state index contributed by atoms with van der Waals surface area (Å²) in [7, 11) is -5.36. The van der Waals surface area contributed by atoms with Crippen molar-refractivity contribution in [2.75, 3.05) is 0 Å². The molecule has 388 valence electrons. The maximum absolute atomic E-state index is 6.95. The van der Waals surface area contributed by atoms with Crippen LogP contribution in [0.1, 0.15) is 154 Å². The van der Waals surface area contributed by atoms with E-state index in [9.17, 15) is 0 Å². The Hall–Kier alpha value is 0.711. The Morgan fingerprint density at radius 3 is 1.32 bits per heavy atom. The third-order valence-electron chi connectivity index (χ3n) is 17.2. The van der Waals surface area contributed by atoms with Gasteiger partial charge in [0.2, 0.25) is 0 Å². The Labute approximate surface area is 474 Å². The van der Waals surface area contributed by atoms with Gasteiger partial charge in [0.25, 0.3) is 0 Å². The smallest absolute Gasteiger partial charge is 0.192 e. The second-order valence-electron chi connectivity index (χ2n) is 24.9. The van der Waals surface area contributed by atoms with Gasteiger partial charge in [-0.3, -0.25) is 0 Å². The number of thiophene rings is 3. The third-order valence-corrected chi connectivity index (χ3v) is 35.2. The molecule has 3 fully saturated rings. The van der Waals surface area contributed by atoms with Gasteiger partial charge in [0.05, 0.1) is 27.0 Å². The quantitative estimate of drug-likeness (QED) is 0.0680. The van der Waals surface area contributed by atoms with Crippen LogP contribution in [-0.4, -0.2) is 43.3 Å². The first-order valence-electron chi connectivity index (χ1n) is 25.4. The van der Waals surface area contributed by atoms with Crippen molar-refractivity contribution in [1.82, 2.24) is 0 Å². The lowest BCUT2D eigenvalue weighted by molar-refractivity contribution is -0.0234. The summed E-state index contributed by atoms with van der Waals surface area (Å²) in [6.07, 6.45) is 27.5. The molecule has 3 aliphatic rings. The first-order chi connectivity index (χ1) is 31.9. The van der Waals surface area contributed by atoms with Crippen molar-refractivity contribution in [3.05, 3.63) is 85.4 Å². The average Bonchev–Trinajstić information content (AvgIpc) is 3.97. The molecule has 0 N–H and O–H groups in total. The van der Waals surface area contributed by atoms with Gasteiger partial charge < -0.3 is 13.3 Å². The van der Waals surface area contributed by atoms with E-state index in [0.717, 1.165) is 34.4 Å². The first-order valence-corrected chi connectivity index (χ1v) is 39.9. The molecular weight excluding hydrogens is 1230 g/mol. The van der Waals surface area contributed by atoms with E-state index in [-0.39, 0.29) is 32.0 Å². The summed E-state index contributed by atoms with van der Waals surface area (Å²) in [6.45, 7) is 35.0. The normalized spacial score (nSPS) is 19.5. The Bertz CT molecular complexity index is 2120. The molecule has 3 atom stereocenters. The molecule has 0 saturated heterocycles. The lowest BCUT2D eigenvalue weighted by atomic mass is 9.62. The van der Waals surface area contributed by atoms with Crippen LogP contribution in [-0.2, 0) is 31.5 Å². The zero-order valence-corrected chi connectivity index (χ0v) is 56.3. The Morgan fingerprint density at radius 2 is 1.01 bits per heavy atom. The van der Waals surface area contributed by atoms with Crippen LogP contribution in [0.25, 0.3) is 0 Å². The molecule has 6 rings (SSSR count). The number of terminal acetylenes is 1. The molecule has 3 aromatic rings. The third kappa shape index (κ3) is 16.4. The first kappa shape index (κ1) is 62.3. The van der Waals surface area contributed by atoms with Crippen molar-refractivity contribution < 1.29 is 13.3 Å². The summed E-state index contributed by atoms with van der Waals surface area (Å²) in [5.74, 6) is 2.88. The minimum absolute atomic E-state index is 0.169. The van der Waals surface area contributed by atoms with Gasteiger partial charge in [-0.1, -0.05) is 168 Å². The fourth-order valence-corrected chi connectivity index (χ4v) is 17.5. The van der Waals surface area contributed by atoms with Crippen molar-refractivity contribution in [3.63, 3.8) is 0 Å². The minimum Gasteiger partial charge on any atom is -0.413 e. The van der Waals surface area contributed by atoms with E-state index in [0.29, 0.717) is 24.0 Å². The summed E-state index contributed by atoms with van der Waals surface area (Å²) in [6, 6.07) is 12.9. The largest absolute Gasteiger partial charge is 0.413 e. The monoisotopic (exact) mass is 1310 g/mol. The van der Waals surface area contributed by atoms with E-state index in [1.165, 1.54) is 72.4 Å². The molecule has 69 heavy (non-hydrogen) atoms. The van der Waals surface area contributed by atoms with Crippen molar-refractivity contribution in [2.45, 2.75) is 230 Å². The zero-order valence-electron chi connectivity index (χ0n) is 45.0. The van der Waals surface area contributed by atoms with Gasteiger partial charge in [0.1, 0.15) is 0 Å². The SMILES string of the molecule is C#CCC(O[Si](C)(C)C(C)(C)C)C1(Cc2ccc(Cl)s2)CCC1.CC(C)(C)[Si](C)(C)OC(C/C=C/I)C1(Cc2ccc(Cl)s2)CCC1.CC(C)(C)[Si](C)(C)OC(C/C=C/I)C1(c2cccs2)CCC1. The van der Waals surface area contributed by atoms with E-state index in [1.807, 2.05) is 23.5 Å². The predicted molar refractivity (Wildman–Crippen MR) is 334 cm³/mol. The molecule has 3 heterocycles. The van der Waals surface area contributed by atoms with Crippen LogP contribution in [0.3, 0.4) is 0 Å². The molecule has 3 unspecified atom stereocenters. The van der Waals surface area contributed by atoms with Gasteiger partial charge >= 0.3 is 0 Å². The summed E-state index contributed by atoms with van der Waals surface area (Å²) in [4.78, 5) is 4.29. The topological polar surface area (TPSA) is 27.7 Å². The summed E-state index contributed by atoms with van der Waals surface area (Å²) in [5, 5.41) is 2.93. The van der Waals surface area contributed by atoms with E-state index < -0.39 is 25.0 Å². The summed E-state index contributed by atoms with van der Waals surface area (Å²) in [5.41, 5.74) is 0.760. The molecule has 0 aliphatic heterocycles. The predicted octanol–water partition coefficient (Wildman–Crippen LogP) is 21.3. The fraction of sp³-hybridized carbons (Fsp3) is 0.679. The molecule has 0 aromatic carbocycles. The lowest BCUT2D eigenvalue weighted by Crippen LogP contribution is -2.53. The van der Waals surface area contributed by atoms with Crippen LogP contribution in [0.2, 0.25) is 63.1 Å². The standard InChI is InChI=1S/C19H30ClIOSSi.C19H29ClOSSi.C18H29IOSSi/c1-18(2,3)24(4,5)22-16(8-6-13-21)19(11-7-12-19)14-15-9-10-17(20)23-15;1-7-9-16(21-23(5,6)18(2,3)4)19(12-8-13-19)14-15-10-11-17(20)22-15;1-17(2,3)22(4,5)20-15(9-6-13-19)18(11-8-12-18)16-10-7-14-21-16/h6,9-10,13,16H,7-8,11-12,14H2,1-5H3;1,10-11,16H,8-9,12-14H2,2-6H3;6-7,10,13-15H,8-9,11-12H2,1-5H3/b13-6+;;13-6+. The molecule has 0 radical (unpaired) electrons. The maximum Gasteiger partial charge on any atom is 0.192 e. The van der Waals surface area contributed by atoms with E-state index in [4.69, 9.17) is 42.9 Å². The molecule has 3 saturated carbocycles. The Kier molecular flexibility index (Phi) is 23.2. The molecule has 3 aromatic heterocycles. The minimum atomic E-state index is -1.83. The second-order valence-corrected chi connectivity index (χ2v) is 45.1. The van der Waals surface area contributed by atoms with Gasteiger partial charge in [-0.05, 0) is 162 Å². The highest BCUT2D eigenvalue weighted by Crippen LogP contribution is 2.55. The number of rotatable bonds is 19.